The maximum atomic E-state index is 12.9. The van der Waals surface area contributed by atoms with Crippen LogP contribution in [0.15, 0.2) is 42.5 Å². The number of benzene rings is 2. The summed E-state index contributed by atoms with van der Waals surface area (Å²) in [6, 6.07) is 13.1. The SMILES string of the molecule is CCCOc1ccc(N(CC(=O)NC(CC)c2ccc3c(c2)CCCC3)S(C)(=O)=O)cc1. The number of nitrogens with zero attached hydrogens (tertiary/aromatic N) is 1. The van der Waals surface area contributed by atoms with Gasteiger partial charge in [-0.1, -0.05) is 32.0 Å². The molecule has 0 bridgehead atoms. The first-order chi connectivity index (χ1) is 15.3. The van der Waals surface area contributed by atoms with E-state index in [1.165, 1.54) is 24.0 Å². The smallest absolute Gasteiger partial charge is 0.241 e. The predicted molar refractivity (Wildman–Crippen MR) is 129 cm³/mol. The van der Waals surface area contributed by atoms with E-state index in [-0.39, 0.29) is 18.5 Å². The fourth-order valence-electron chi connectivity index (χ4n) is 4.09. The summed E-state index contributed by atoms with van der Waals surface area (Å²) in [4.78, 5) is 12.9. The van der Waals surface area contributed by atoms with Gasteiger partial charge < -0.3 is 10.1 Å². The van der Waals surface area contributed by atoms with Crippen molar-refractivity contribution in [3.8, 4) is 5.75 Å². The molecule has 0 radical (unpaired) electrons. The quantitative estimate of drug-likeness (QED) is 0.573. The lowest BCUT2D eigenvalue weighted by Crippen LogP contribution is -2.41. The summed E-state index contributed by atoms with van der Waals surface area (Å²) in [5.74, 6) is 0.346. The van der Waals surface area contributed by atoms with Gasteiger partial charge in [0.25, 0.3) is 0 Å². The van der Waals surface area contributed by atoms with Crippen LogP contribution in [-0.4, -0.2) is 33.7 Å². The van der Waals surface area contributed by atoms with E-state index in [2.05, 4.69) is 23.5 Å². The molecule has 1 N–H and O–H groups in total. The highest BCUT2D eigenvalue weighted by atomic mass is 32.2. The lowest BCUT2D eigenvalue weighted by atomic mass is 9.89. The average molecular weight is 459 g/mol. The lowest BCUT2D eigenvalue weighted by molar-refractivity contribution is -0.120. The highest BCUT2D eigenvalue weighted by Gasteiger charge is 2.23. The van der Waals surface area contributed by atoms with Gasteiger partial charge in [0.1, 0.15) is 12.3 Å². The Labute approximate surface area is 192 Å². The highest BCUT2D eigenvalue weighted by molar-refractivity contribution is 7.92. The minimum absolute atomic E-state index is 0.152. The molecule has 1 aliphatic rings. The van der Waals surface area contributed by atoms with E-state index in [0.29, 0.717) is 18.0 Å². The fourth-order valence-corrected chi connectivity index (χ4v) is 4.95. The normalized spacial score (nSPS) is 14.3. The molecule has 1 unspecified atom stereocenters. The Bertz CT molecular complexity index is 1020. The van der Waals surface area contributed by atoms with Gasteiger partial charge in [0.15, 0.2) is 0 Å². The molecule has 2 aromatic rings. The predicted octanol–water partition coefficient (Wildman–Crippen LogP) is 4.39. The van der Waals surface area contributed by atoms with E-state index in [1.807, 2.05) is 13.8 Å². The zero-order chi connectivity index (χ0) is 23.1. The number of fused-ring (bicyclic) bond motifs is 1. The van der Waals surface area contributed by atoms with Crippen molar-refractivity contribution in [1.82, 2.24) is 5.32 Å². The molecule has 0 heterocycles. The number of nitrogens with one attached hydrogen (secondary N) is 1. The zero-order valence-corrected chi connectivity index (χ0v) is 20.1. The molecule has 0 aromatic heterocycles. The Kier molecular flexibility index (Phi) is 8.18. The first-order valence-corrected chi connectivity index (χ1v) is 13.3. The molecular formula is C25H34N2O4S. The molecule has 7 heteroatoms. The molecule has 0 saturated carbocycles. The number of hydrogen-bond donors (Lipinski definition) is 1. The number of carbonyl (C=O) groups excluding carboxylic acids is 1. The van der Waals surface area contributed by atoms with E-state index in [1.54, 1.807) is 24.3 Å². The van der Waals surface area contributed by atoms with Crippen LogP contribution in [0, 0.1) is 0 Å². The molecule has 6 nitrogen and oxygen atoms in total. The van der Waals surface area contributed by atoms with Crippen molar-refractivity contribution in [2.75, 3.05) is 23.7 Å². The summed E-state index contributed by atoms with van der Waals surface area (Å²) in [5.41, 5.74) is 4.28. The van der Waals surface area contributed by atoms with Crippen molar-refractivity contribution in [1.29, 1.82) is 0 Å². The largest absolute Gasteiger partial charge is 0.494 e. The minimum Gasteiger partial charge on any atom is -0.494 e. The summed E-state index contributed by atoms with van der Waals surface area (Å²) >= 11 is 0. The molecule has 1 atom stereocenters. The molecule has 32 heavy (non-hydrogen) atoms. The Morgan fingerprint density at radius 3 is 2.38 bits per heavy atom. The Hall–Kier alpha value is -2.54. The van der Waals surface area contributed by atoms with E-state index in [4.69, 9.17) is 4.74 Å². The van der Waals surface area contributed by atoms with Crippen LogP contribution in [0.1, 0.15) is 62.3 Å². The first-order valence-electron chi connectivity index (χ1n) is 11.4. The highest BCUT2D eigenvalue weighted by Crippen LogP contribution is 2.26. The van der Waals surface area contributed by atoms with E-state index >= 15 is 0 Å². The minimum atomic E-state index is -3.63. The maximum absolute atomic E-state index is 12.9. The number of rotatable bonds is 10. The number of ether oxygens (including phenoxy) is 1. The van der Waals surface area contributed by atoms with Crippen molar-refractivity contribution in [3.63, 3.8) is 0 Å². The van der Waals surface area contributed by atoms with E-state index in [9.17, 15) is 13.2 Å². The van der Waals surface area contributed by atoms with Crippen molar-refractivity contribution in [2.24, 2.45) is 0 Å². The van der Waals surface area contributed by atoms with Gasteiger partial charge in [0, 0.05) is 0 Å². The molecular weight excluding hydrogens is 424 g/mol. The molecule has 0 saturated heterocycles. The van der Waals surface area contributed by atoms with E-state index in [0.717, 1.165) is 41.8 Å². The van der Waals surface area contributed by atoms with Gasteiger partial charge in [-0.05, 0) is 79.5 Å². The molecule has 0 fully saturated rings. The second kappa shape index (κ2) is 10.9. The van der Waals surface area contributed by atoms with Gasteiger partial charge in [0.05, 0.1) is 24.6 Å². The summed E-state index contributed by atoms with van der Waals surface area (Å²) in [7, 11) is -3.63. The Morgan fingerprint density at radius 2 is 1.75 bits per heavy atom. The standard InChI is InChI=1S/C25H34N2O4S/c1-4-16-31-23-14-12-22(13-15-23)27(32(3,29)30)18-25(28)26-24(5-2)21-11-10-19-8-6-7-9-20(19)17-21/h10-15,17,24H,4-9,16,18H2,1-3H3,(H,26,28). The number of amides is 1. The third kappa shape index (κ3) is 6.25. The summed E-state index contributed by atoms with van der Waals surface area (Å²) in [5, 5.41) is 3.03. The van der Waals surface area contributed by atoms with Crippen LogP contribution in [0.4, 0.5) is 5.69 Å². The molecule has 174 valence electrons. The summed E-state index contributed by atoms with van der Waals surface area (Å²) in [6.07, 6.45) is 7.35. The topological polar surface area (TPSA) is 75.7 Å². The van der Waals surface area contributed by atoms with E-state index < -0.39 is 10.0 Å². The second-order valence-corrected chi connectivity index (χ2v) is 10.3. The van der Waals surface area contributed by atoms with Gasteiger partial charge in [0.2, 0.25) is 15.9 Å². The third-order valence-corrected chi connectivity index (χ3v) is 6.94. The maximum Gasteiger partial charge on any atom is 0.241 e. The average Bonchev–Trinajstić information content (AvgIpc) is 2.79. The van der Waals surface area contributed by atoms with Crippen LogP contribution < -0.4 is 14.4 Å². The van der Waals surface area contributed by atoms with Crippen molar-refractivity contribution in [2.45, 2.75) is 58.4 Å². The molecule has 3 rings (SSSR count). The van der Waals surface area contributed by atoms with Crippen molar-refractivity contribution >= 4 is 21.6 Å². The Balaban J connectivity index is 1.72. The molecule has 1 aliphatic carbocycles. The summed E-state index contributed by atoms with van der Waals surface area (Å²) < 4.78 is 31.5. The summed E-state index contributed by atoms with van der Waals surface area (Å²) in [6.45, 7) is 4.37. The third-order valence-electron chi connectivity index (χ3n) is 5.80. The number of aryl methyl sites for hydroxylation is 2. The van der Waals surface area contributed by atoms with Crippen LogP contribution in [0.2, 0.25) is 0 Å². The molecule has 0 aliphatic heterocycles. The number of sulfonamides is 1. The first kappa shape index (κ1) is 24.1. The molecule has 0 spiro atoms. The second-order valence-electron chi connectivity index (χ2n) is 8.38. The van der Waals surface area contributed by atoms with Gasteiger partial charge in [-0.3, -0.25) is 9.10 Å². The van der Waals surface area contributed by atoms with Gasteiger partial charge in [-0.15, -0.1) is 0 Å². The van der Waals surface area contributed by atoms with Crippen molar-refractivity contribution < 1.29 is 17.9 Å². The van der Waals surface area contributed by atoms with Crippen LogP contribution >= 0.6 is 0 Å². The molecule has 1 amide bonds. The molecule has 2 aromatic carbocycles. The van der Waals surface area contributed by atoms with Crippen LogP contribution in [-0.2, 0) is 27.7 Å². The lowest BCUT2D eigenvalue weighted by Gasteiger charge is -2.25. The van der Waals surface area contributed by atoms with Gasteiger partial charge >= 0.3 is 0 Å². The van der Waals surface area contributed by atoms with Crippen LogP contribution in [0.5, 0.6) is 5.75 Å². The number of anilines is 1. The zero-order valence-electron chi connectivity index (χ0n) is 19.3. The van der Waals surface area contributed by atoms with Gasteiger partial charge in [-0.25, -0.2) is 8.42 Å². The van der Waals surface area contributed by atoms with Crippen molar-refractivity contribution in [3.05, 3.63) is 59.2 Å². The van der Waals surface area contributed by atoms with Crippen LogP contribution in [0.25, 0.3) is 0 Å². The Morgan fingerprint density at radius 1 is 1.06 bits per heavy atom. The van der Waals surface area contributed by atoms with Gasteiger partial charge in [-0.2, -0.15) is 0 Å². The monoisotopic (exact) mass is 458 g/mol. The fraction of sp³-hybridized carbons (Fsp3) is 0.480. The van der Waals surface area contributed by atoms with Crippen LogP contribution in [0.3, 0.4) is 0 Å². The number of carbonyl (C=O) groups is 1. The number of hydrogen-bond acceptors (Lipinski definition) is 4.